The third-order valence-corrected chi connectivity index (χ3v) is 8.16. The summed E-state index contributed by atoms with van der Waals surface area (Å²) in [6.07, 6.45) is 4.84. The maximum Gasteiger partial charge on any atom is 0.321 e. The quantitative estimate of drug-likeness (QED) is 0.751. The second-order valence-corrected chi connectivity index (χ2v) is 10.3. The summed E-state index contributed by atoms with van der Waals surface area (Å²) in [5, 5.41) is 6.28. The van der Waals surface area contributed by atoms with Crippen molar-refractivity contribution in [3.05, 3.63) is 34.8 Å². The highest BCUT2D eigenvalue weighted by atomic mass is 32.2. The van der Waals surface area contributed by atoms with Crippen LogP contribution in [0.15, 0.2) is 29.2 Å². The predicted molar refractivity (Wildman–Crippen MR) is 111 cm³/mol. The van der Waals surface area contributed by atoms with Crippen LogP contribution in [0.25, 0.3) is 0 Å². The molecule has 2 heterocycles. The summed E-state index contributed by atoms with van der Waals surface area (Å²) >= 11 is 1.33. The molecule has 0 atom stereocenters. The molecule has 10 heteroatoms. The van der Waals surface area contributed by atoms with Crippen LogP contribution in [0, 0.1) is 0 Å². The maximum absolute atomic E-state index is 13.0. The van der Waals surface area contributed by atoms with E-state index in [1.165, 1.54) is 15.6 Å². The molecule has 1 aliphatic heterocycles. The number of nitrogens with one attached hydrogen (secondary N) is 2. The smallest absolute Gasteiger partial charge is 0.321 e. The molecule has 0 unspecified atom stereocenters. The highest BCUT2D eigenvalue weighted by Crippen LogP contribution is 2.31. The van der Waals surface area contributed by atoms with Crippen molar-refractivity contribution in [3.63, 3.8) is 0 Å². The Balaban J connectivity index is 1.43. The van der Waals surface area contributed by atoms with Crippen molar-refractivity contribution in [2.45, 2.75) is 49.6 Å². The predicted octanol–water partition coefficient (Wildman–Crippen LogP) is 2.96. The number of carbonyl (C=O) groups excluding carboxylic acids is 1. The normalized spacial score (nSPS) is 17.7. The number of methoxy groups -OCH3 is 1. The van der Waals surface area contributed by atoms with Crippen LogP contribution in [0.3, 0.4) is 0 Å². The van der Waals surface area contributed by atoms with E-state index in [1.54, 1.807) is 31.4 Å². The number of amides is 2. The Hall–Kier alpha value is -2.17. The summed E-state index contributed by atoms with van der Waals surface area (Å²) < 4.78 is 32.5. The first-order chi connectivity index (χ1) is 14.0. The van der Waals surface area contributed by atoms with Crippen molar-refractivity contribution in [3.8, 4) is 5.75 Å². The van der Waals surface area contributed by atoms with E-state index in [4.69, 9.17) is 4.74 Å². The molecular weight excluding hydrogens is 412 g/mol. The average Bonchev–Trinajstić information content (AvgIpc) is 3.36. The van der Waals surface area contributed by atoms with Gasteiger partial charge in [-0.05, 0) is 37.1 Å². The van der Waals surface area contributed by atoms with Crippen molar-refractivity contribution in [2.75, 3.05) is 19.0 Å². The van der Waals surface area contributed by atoms with Gasteiger partial charge in [0, 0.05) is 23.9 Å². The summed E-state index contributed by atoms with van der Waals surface area (Å²) in [6, 6.07) is 6.37. The molecule has 2 aliphatic rings. The molecule has 4 rings (SSSR count). The van der Waals surface area contributed by atoms with Gasteiger partial charge >= 0.3 is 6.03 Å². The van der Waals surface area contributed by atoms with Gasteiger partial charge in [0.15, 0.2) is 5.13 Å². The number of hydrogen-bond donors (Lipinski definition) is 2. The highest BCUT2D eigenvalue weighted by molar-refractivity contribution is 7.89. The lowest BCUT2D eigenvalue weighted by Gasteiger charge is -2.25. The topological polar surface area (TPSA) is 101 Å². The molecule has 2 amide bonds. The number of sulfonamides is 1. The molecule has 8 nitrogen and oxygen atoms in total. The number of aromatic nitrogens is 1. The molecule has 1 fully saturated rings. The van der Waals surface area contributed by atoms with Gasteiger partial charge in [-0.15, -0.1) is 0 Å². The van der Waals surface area contributed by atoms with Crippen LogP contribution < -0.4 is 15.4 Å². The van der Waals surface area contributed by atoms with Gasteiger partial charge in [0.25, 0.3) is 0 Å². The number of nitrogens with zero attached hydrogens (tertiary/aromatic N) is 2. The van der Waals surface area contributed by atoms with Crippen LogP contribution in [0.5, 0.6) is 5.75 Å². The van der Waals surface area contributed by atoms with E-state index in [-0.39, 0.29) is 23.5 Å². The van der Waals surface area contributed by atoms with Gasteiger partial charge in [-0.25, -0.2) is 18.2 Å². The Morgan fingerprint density at radius 3 is 2.66 bits per heavy atom. The molecule has 0 spiro atoms. The zero-order valence-electron chi connectivity index (χ0n) is 16.2. The minimum Gasteiger partial charge on any atom is -0.497 e. The standard InChI is InChI=1S/C19H24N4O4S2/c1-27-14-6-8-15(9-7-14)29(25,26)23-11-10-16-17(12-23)28-19(21-16)22-18(24)20-13-4-2-3-5-13/h6-9,13H,2-5,10-12H2,1H3,(H2,20,21,22,24). The van der Waals surface area contributed by atoms with E-state index in [0.29, 0.717) is 23.8 Å². The fourth-order valence-corrected chi connectivity index (χ4v) is 6.23. The van der Waals surface area contributed by atoms with E-state index in [1.807, 2.05) is 0 Å². The van der Waals surface area contributed by atoms with E-state index in [2.05, 4.69) is 15.6 Å². The zero-order valence-corrected chi connectivity index (χ0v) is 17.8. The summed E-state index contributed by atoms with van der Waals surface area (Å²) in [5.41, 5.74) is 0.854. The number of ether oxygens (including phenoxy) is 1. The lowest BCUT2D eigenvalue weighted by Crippen LogP contribution is -2.36. The molecule has 0 radical (unpaired) electrons. The van der Waals surface area contributed by atoms with Gasteiger partial charge in [-0.2, -0.15) is 4.31 Å². The Morgan fingerprint density at radius 2 is 1.97 bits per heavy atom. The van der Waals surface area contributed by atoms with E-state index in [0.717, 1.165) is 36.3 Å². The van der Waals surface area contributed by atoms with Gasteiger partial charge < -0.3 is 10.1 Å². The molecule has 1 saturated carbocycles. The van der Waals surface area contributed by atoms with Crippen molar-refractivity contribution in [1.29, 1.82) is 0 Å². The summed E-state index contributed by atoms with van der Waals surface area (Å²) in [5.74, 6) is 0.610. The zero-order chi connectivity index (χ0) is 20.4. The van der Waals surface area contributed by atoms with Crippen LogP contribution in [0.4, 0.5) is 9.93 Å². The van der Waals surface area contributed by atoms with E-state index >= 15 is 0 Å². The molecule has 2 aromatic rings. The lowest BCUT2D eigenvalue weighted by molar-refractivity contribution is 0.248. The fraction of sp³-hybridized carbons (Fsp3) is 0.474. The summed E-state index contributed by atoms with van der Waals surface area (Å²) in [7, 11) is -2.06. The minimum absolute atomic E-state index is 0.231. The Bertz CT molecular complexity index is 982. The SMILES string of the molecule is COc1ccc(S(=O)(=O)N2CCc3nc(NC(=O)NC4CCCC4)sc3C2)cc1. The van der Waals surface area contributed by atoms with E-state index < -0.39 is 10.0 Å². The highest BCUT2D eigenvalue weighted by Gasteiger charge is 2.30. The number of thiazole rings is 1. The van der Waals surface area contributed by atoms with Crippen molar-refractivity contribution >= 4 is 32.5 Å². The first-order valence-electron chi connectivity index (χ1n) is 9.66. The van der Waals surface area contributed by atoms with Crippen LogP contribution in [-0.2, 0) is 23.0 Å². The van der Waals surface area contributed by atoms with Gasteiger partial charge in [0.1, 0.15) is 5.75 Å². The summed E-state index contributed by atoms with van der Waals surface area (Å²) in [6.45, 7) is 0.617. The molecule has 1 aliphatic carbocycles. The number of benzene rings is 1. The van der Waals surface area contributed by atoms with Gasteiger partial charge in [0.2, 0.25) is 10.0 Å². The third kappa shape index (κ3) is 4.39. The number of fused-ring (bicyclic) bond motifs is 1. The molecule has 0 saturated heterocycles. The Morgan fingerprint density at radius 1 is 1.24 bits per heavy atom. The molecule has 0 bridgehead atoms. The largest absolute Gasteiger partial charge is 0.497 e. The van der Waals surface area contributed by atoms with Gasteiger partial charge in [-0.1, -0.05) is 24.2 Å². The van der Waals surface area contributed by atoms with Gasteiger partial charge in [-0.3, -0.25) is 5.32 Å². The monoisotopic (exact) mass is 436 g/mol. The molecular formula is C19H24N4O4S2. The lowest BCUT2D eigenvalue weighted by atomic mass is 10.2. The Kier molecular flexibility index (Phi) is 5.75. The fourth-order valence-electron chi connectivity index (χ4n) is 3.72. The first-order valence-corrected chi connectivity index (χ1v) is 11.9. The third-order valence-electron chi connectivity index (χ3n) is 5.30. The average molecular weight is 437 g/mol. The number of carbonyl (C=O) groups is 1. The van der Waals surface area contributed by atoms with Crippen LogP contribution >= 0.6 is 11.3 Å². The van der Waals surface area contributed by atoms with E-state index in [9.17, 15) is 13.2 Å². The van der Waals surface area contributed by atoms with Crippen LogP contribution in [0.2, 0.25) is 0 Å². The van der Waals surface area contributed by atoms with Crippen molar-refractivity contribution < 1.29 is 17.9 Å². The minimum atomic E-state index is -3.60. The van der Waals surface area contributed by atoms with Gasteiger partial charge in [0.05, 0.1) is 24.2 Å². The molecule has 1 aromatic carbocycles. The first kappa shape index (κ1) is 20.1. The molecule has 156 valence electrons. The molecule has 2 N–H and O–H groups in total. The summed E-state index contributed by atoms with van der Waals surface area (Å²) in [4.78, 5) is 17.8. The van der Waals surface area contributed by atoms with Crippen LogP contribution in [0.1, 0.15) is 36.3 Å². The van der Waals surface area contributed by atoms with Crippen molar-refractivity contribution in [2.24, 2.45) is 0 Å². The second kappa shape index (κ2) is 8.29. The Labute approximate surface area is 174 Å². The number of rotatable bonds is 5. The number of urea groups is 1. The number of hydrogen-bond acceptors (Lipinski definition) is 6. The molecule has 29 heavy (non-hydrogen) atoms. The maximum atomic E-state index is 13.0. The van der Waals surface area contributed by atoms with Crippen molar-refractivity contribution in [1.82, 2.24) is 14.6 Å². The molecule has 1 aromatic heterocycles. The second-order valence-electron chi connectivity index (χ2n) is 7.23. The van der Waals surface area contributed by atoms with Crippen LogP contribution in [-0.4, -0.2) is 43.4 Å². The number of anilines is 1.